The summed E-state index contributed by atoms with van der Waals surface area (Å²) in [5.41, 5.74) is 6.96. The van der Waals surface area contributed by atoms with E-state index in [1.165, 1.54) is 0 Å². The molecule has 18 heavy (non-hydrogen) atoms. The first-order valence-corrected chi connectivity index (χ1v) is 6.46. The number of aliphatic hydroxyl groups excluding tert-OH is 1. The number of hydrogen-bond acceptors (Lipinski definition) is 4. The van der Waals surface area contributed by atoms with Crippen LogP contribution < -0.4 is 11.1 Å². The van der Waals surface area contributed by atoms with Crippen molar-refractivity contribution in [1.82, 2.24) is 4.90 Å². The van der Waals surface area contributed by atoms with Crippen molar-refractivity contribution < 1.29 is 9.90 Å². The number of nitrogens with zero attached hydrogens (tertiary/aromatic N) is 1. The lowest BCUT2D eigenvalue weighted by Gasteiger charge is -2.16. The van der Waals surface area contributed by atoms with Crippen molar-refractivity contribution in [3.05, 3.63) is 22.7 Å². The molecule has 0 spiro atoms. The number of aliphatic hydroxyl groups is 1. The number of anilines is 2. The number of nitrogens with one attached hydrogen (secondary N) is 1. The molecule has 100 valence electrons. The molecule has 0 radical (unpaired) electrons. The molecule has 5 nitrogen and oxygen atoms in total. The van der Waals surface area contributed by atoms with Gasteiger partial charge in [-0.3, -0.25) is 9.69 Å². The highest BCUT2D eigenvalue weighted by atomic mass is 79.9. The first-order valence-electron chi connectivity index (χ1n) is 5.67. The third kappa shape index (κ3) is 5.03. The Morgan fingerprint density at radius 1 is 1.56 bits per heavy atom. The number of nitrogens with two attached hydrogens (primary N) is 1. The van der Waals surface area contributed by atoms with E-state index < -0.39 is 0 Å². The molecule has 0 heterocycles. The molecule has 0 aliphatic heterocycles. The van der Waals surface area contributed by atoms with Gasteiger partial charge in [0, 0.05) is 23.3 Å². The number of nitrogen functional groups attached to an aromatic ring is 1. The maximum atomic E-state index is 11.8. The second-order valence-corrected chi connectivity index (χ2v) is 4.96. The van der Waals surface area contributed by atoms with Crippen LogP contribution in [-0.2, 0) is 4.79 Å². The van der Waals surface area contributed by atoms with Gasteiger partial charge in [-0.15, -0.1) is 0 Å². The van der Waals surface area contributed by atoms with Gasteiger partial charge >= 0.3 is 0 Å². The molecule has 0 unspecified atom stereocenters. The number of carbonyl (C=O) groups excluding carboxylic acids is 1. The van der Waals surface area contributed by atoms with Crippen molar-refractivity contribution in [3.8, 4) is 0 Å². The Balaban J connectivity index is 2.49. The van der Waals surface area contributed by atoms with E-state index in [1.54, 1.807) is 18.2 Å². The van der Waals surface area contributed by atoms with Crippen LogP contribution in [0.25, 0.3) is 0 Å². The third-order valence-corrected chi connectivity index (χ3v) is 3.03. The number of amides is 1. The van der Waals surface area contributed by atoms with E-state index in [4.69, 9.17) is 10.8 Å². The van der Waals surface area contributed by atoms with Crippen LogP contribution in [0.2, 0.25) is 0 Å². The molecule has 6 heteroatoms. The van der Waals surface area contributed by atoms with Gasteiger partial charge in [0.15, 0.2) is 0 Å². The second kappa shape index (κ2) is 7.35. The number of likely N-dealkylation sites (N-methyl/N-ethyl adjacent to an activating group) is 1. The van der Waals surface area contributed by atoms with Crippen LogP contribution in [0.3, 0.4) is 0 Å². The Morgan fingerprint density at radius 3 is 2.89 bits per heavy atom. The van der Waals surface area contributed by atoms with E-state index in [2.05, 4.69) is 21.2 Å². The second-order valence-electron chi connectivity index (χ2n) is 4.10. The zero-order valence-corrected chi connectivity index (χ0v) is 11.9. The van der Waals surface area contributed by atoms with E-state index in [1.807, 2.05) is 11.9 Å². The molecule has 0 aromatic heterocycles. The number of hydrogen-bond donors (Lipinski definition) is 3. The largest absolute Gasteiger partial charge is 0.399 e. The Kier molecular flexibility index (Phi) is 6.11. The summed E-state index contributed by atoms with van der Waals surface area (Å²) < 4.78 is 0.758. The van der Waals surface area contributed by atoms with Gasteiger partial charge < -0.3 is 16.2 Å². The van der Waals surface area contributed by atoms with Gasteiger partial charge in [0.1, 0.15) is 0 Å². The molecule has 1 aromatic carbocycles. The topological polar surface area (TPSA) is 78.6 Å². The minimum atomic E-state index is -0.0964. The highest BCUT2D eigenvalue weighted by molar-refractivity contribution is 9.10. The fourth-order valence-corrected chi connectivity index (χ4v) is 1.98. The number of halogens is 1. The summed E-state index contributed by atoms with van der Waals surface area (Å²) in [5.74, 6) is -0.0964. The summed E-state index contributed by atoms with van der Waals surface area (Å²) in [7, 11) is 1.84. The fraction of sp³-hybridized carbons (Fsp3) is 0.417. The average molecular weight is 316 g/mol. The van der Waals surface area contributed by atoms with E-state index >= 15 is 0 Å². The van der Waals surface area contributed by atoms with Crippen LogP contribution in [0, 0.1) is 0 Å². The van der Waals surface area contributed by atoms with Crippen molar-refractivity contribution in [2.75, 3.05) is 37.8 Å². The summed E-state index contributed by atoms with van der Waals surface area (Å²) in [6.45, 7) is 1.11. The molecule has 1 aromatic rings. The van der Waals surface area contributed by atoms with Crippen LogP contribution in [0.1, 0.15) is 6.42 Å². The van der Waals surface area contributed by atoms with Crippen molar-refractivity contribution in [2.24, 2.45) is 0 Å². The number of carbonyl (C=O) groups is 1. The zero-order chi connectivity index (χ0) is 13.5. The van der Waals surface area contributed by atoms with Gasteiger partial charge in [-0.1, -0.05) is 0 Å². The molecule has 1 rings (SSSR count). The minimum Gasteiger partial charge on any atom is -0.399 e. The van der Waals surface area contributed by atoms with E-state index in [-0.39, 0.29) is 19.1 Å². The van der Waals surface area contributed by atoms with Crippen LogP contribution in [0.5, 0.6) is 0 Å². The van der Waals surface area contributed by atoms with E-state index in [9.17, 15) is 4.79 Å². The number of rotatable bonds is 6. The lowest BCUT2D eigenvalue weighted by molar-refractivity contribution is -0.117. The maximum absolute atomic E-state index is 11.8. The van der Waals surface area contributed by atoms with Gasteiger partial charge in [-0.05, 0) is 47.6 Å². The summed E-state index contributed by atoms with van der Waals surface area (Å²) >= 11 is 3.34. The SMILES string of the molecule is CN(CCCO)CC(=O)Nc1ccc(N)cc1Br. The monoisotopic (exact) mass is 315 g/mol. The van der Waals surface area contributed by atoms with Crippen LogP contribution in [0.15, 0.2) is 22.7 Å². The summed E-state index contributed by atoms with van der Waals surface area (Å²) in [6, 6.07) is 5.23. The molecule has 4 N–H and O–H groups in total. The summed E-state index contributed by atoms with van der Waals surface area (Å²) in [6.07, 6.45) is 0.662. The molecular weight excluding hydrogens is 298 g/mol. The molecule has 0 aliphatic carbocycles. The van der Waals surface area contributed by atoms with Crippen LogP contribution >= 0.6 is 15.9 Å². The quantitative estimate of drug-likeness (QED) is 0.691. The highest BCUT2D eigenvalue weighted by Crippen LogP contribution is 2.24. The minimum absolute atomic E-state index is 0.0964. The van der Waals surface area contributed by atoms with E-state index in [0.717, 1.165) is 4.47 Å². The Morgan fingerprint density at radius 2 is 2.28 bits per heavy atom. The predicted molar refractivity (Wildman–Crippen MR) is 76.4 cm³/mol. The van der Waals surface area contributed by atoms with E-state index in [0.29, 0.717) is 24.3 Å². The highest BCUT2D eigenvalue weighted by Gasteiger charge is 2.08. The standard InChI is InChI=1S/C12H18BrN3O2/c1-16(5-2-6-17)8-12(18)15-11-4-3-9(14)7-10(11)13/h3-4,7,17H,2,5-6,8,14H2,1H3,(H,15,18). The van der Waals surface area contributed by atoms with Gasteiger partial charge in [0.05, 0.1) is 12.2 Å². The summed E-state index contributed by atoms with van der Waals surface area (Å²) in [4.78, 5) is 13.6. The normalized spacial score (nSPS) is 10.7. The molecule has 0 saturated heterocycles. The Bertz CT molecular complexity index is 412. The maximum Gasteiger partial charge on any atom is 0.238 e. The fourth-order valence-electron chi connectivity index (χ4n) is 1.49. The first-order chi connectivity index (χ1) is 8.52. The lowest BCUT2D eigenvalue weighted by Crippen LogP contribution is -2.31. The molecular formula is C12H18BrN3O2. The Labute approximate surface area is 115 Å². The third-order valence-electron chi connectivity index (χ3n) is 2.38. The summed E-state index contributed by atoms with van der Waals surface area (Å²) in [5, 5.41) is 11.5. The van der Waals surface area contributed by atoms with Crippen molar-refractivity contribution >= 4 is 33.2 Å². The van der Waals surface area contributed by atoms with Crippen LogP contribution in [-0.4, -0.2) is 42.7 Å². The van der Waals surface area contributed by atoms with Crippen molar-refractivity contribution in [3.63, 3.8) is 0 Å². The van der Waals surface area contributed by atoms with Gasteiger partial charge in [-0.25, -0.2) is 0 Å². The zero-order valence-electron chi connectivity index (χ0n) is 10.3. The molecule has 1 amide bonds. The molecule has 0 aliphatic rings. The lowest BCUT2D eigenvalue weighted by atomic mass is 10.3. The van der Waals surface area contributed by atoms with Crippen molar-refractivity contribution in [1.29, 1.82) is 0 Å². The predicted octanol–water partition coefficient (Wildman–Crippen LogP) is 1.28. The Hall–Kier alpha value is -1.11. The average Bonchev–Trinajstić information content (AvgIpc) is 2.30. The smallest absolute Gasteiger partial charge is 0.238 e. The van der Waals surface area contributed by atoms with Gasteiger partial charge in [-0.2, -0.15) is 0 Å². The van der Waals surface area contributed by atoms with Gasteiger partial charge in [0.25, 0.3) is 0 Å². The van der Waals surface area contributed by atoms with Crippen LogP contribution in [0.4, 0.5) is 11.4 Å². The molecule has 0 bridgehead atoms. The molecule has 0 fully saturated rings. The number of benzene rings is 1. The molecule has 0 atom stereocenters. The molecule has 0 saturated carbocycles. The van der Waals surface area contributed by atoms with Gasteiger partial charge in [0.2, 0.25) is 5.91 Å². The first kappa shape index (κ1) is 14.9. The van der Waals surface area contributed by atoms with Crippen molar-refractivity contribution in [2.45, 2.75) is 6.42 Å².